The zero-order valence-corrected chi connectivity index (χ0v) is 15.4. The van der Waals surface area contributed by atoms with Gasteiger partial charge in [-0.05, 0) is 40.5 Å². The van der Waals surface area contributed by atoms with Gasteiger partial charge in [-0.25, -0.2) is 4.39 Å². The van der Waals surface area contributed by atoms with E-state index in [1.165, 1.54) is 12.1 Å². The Bertz CT molecular complexity index is 730. The van der Waals surface area contributed by atoms with Crippen LogP contribution in [0.1, 0.15) is 58.6 Å². The maximum atomic E-state index is 14.0. The van der Waals surface area contributed by atoms with E-state index in [9.17, 15) is 9.18 Å². The van der Waals surface area contributed by atoms with Gasteiger partial charge >= 0.3 is 5.97 Å². The highest BCUT2D eigenvalue weighted by molar-refractivity contribution is 5.95. The summed E-state index contributed by atoms with van der Waals surface area (Å²) in [6.45, 7) is 15.3. The van der Waals surface area contributed by atoms with E-state index in [2.05, 4.69) is 6.58 Å². The van der Waals surface area contributed by atoms with E-state index < -0.39 is 0 Å². The first-order valence-electron chi connectivity index (χ1n) is 8.45. The first-order chi connectivity index (χ1) is 11.3. The van der Waals surface area contributed by atoms with Crippen molar-refractivity contribution in [3.63, 3.8) is 0 Å². The maximum Gasteiger partial charge on any atom is 0.313 e. The maximum absolute atomic E-state index is 14.0. The summed E-state index contributed by atoms with van der Waals surface area (Å²) in [6, 6.07) is 6.71. The van der Waals surface area contributed by atoms with Crippen molar-refractivity contribution in [1.29, 1.82) is 0 Å². The Hall–Kier alpha value is -2.16. The highest BCUT2D eigenvalue weighted by Gasteiger charge is 2.16. The third kappa shape index (κ3) is 4.22. The standard InChI is InChI=1S/C19H21FO2.C2H6/c1-6-15-17(20)8-7-13-9-14(22-19(21)12(4)5)10-16(11(2)3)18(13)15;1-2/h6-12H,1H2,2-5H3;1-2H3. The SMILES string of the molecule is C=Cc1c(F)ccc2cc(OC(=O)C(C)C)cc(C(C)C)c12.CC. The lowest BCUT2D eigenvalue weighted by Crippen LogP contribution is -2.15. The Morgan fingerprint density at radius 1 is 1.17 bits per heavy atom. The second kappa shape index (κ2) is 8.62. The average molecular weight is 330 g/mol. The molecule has 0 aliphatic carbocycles. The Morgan fingerprint density at radius 3 is 2.29 bits per heavy atom. The van der Waals surface area contributed by atoms with Crippen LogP contribution in [0.5, 0.6) is 5.75 Å². The molecule has 0 aliphatic rings. The number of rotatable bonds is 4. The van der Waals surface area contributed by atoms with Gasteiger partial charge in [0.25, 0.3) is 0 Å². The fraction of sp³-hybridized carbons (Fsp3) is 0.381. The van der Waals surface area contributed by atoms with Gasteiger partial charge in [-0.15, -0.1) is 0 Å². The molecule has 2 aromatic carbocycles. The number of esters is 1. The molecule has 0 N–H and O–H groups in total. The Kier molecular flexibility index (Phi) is 7.15. The third-order valence-electron chi connectivity index (χ3n) is 3.62. The van der Waals surface area contributed by atoms with Gasteiger partial charge in [0, 0.05) is 5.56 Å². The van der Waals surface area contributed by atoms with Crippen LogP contribution < -0.4 is 4.74 Å². The molecule has 130 valence electrons. The largest absolute Gasteiger partial charge is 0.426 e. The zero-order chi connectivity index (χ0) is 18.4. The van der Waals surface area contributed by atoms with Crippen LogP contribution in [-0.4, -0.2) is 5.97 Å². The molecule has 0 unspecified atom stereocenters. The van der Waals surface area contributed by atoms with Crippen molar-refractivity contribution in [3.05, 3.63) is 47.8 Å². The van der Waals surface area contributed by atoms with Crippen LogP contribution in [0.15, 0.2) is 30.8 Å². The van der Waals surface area contributed by atoms with Gasteiger partial charge in [-0.3, -0.25) is 4.79 Å². The number of hydrogen-bond donors (Lipinski definition) is 0. The van der Waals surface area contributed by atoms with Crippen molar-refractivity contribution in [2.75, 3.05) is 0 Å². The van der Waals surface area contributed by atoms with Crippen molar-refractivity contribution >= 4 is 22.8 Å². The molecule has 0 bridgehead atoms. The zero-order valence-electron chi connectivity index (χ0n) is 15.4. The van der Waals surface area contributed by atoms with E-state index in [0.717, 1.165) is 16.3 Å². The Morgan fingerprint density at radius 2 is 1.79 bits per heavy atom. The van der Waals surface area contributed by atoms with E-state index in [-0.39, 0.29) is 23.6 Å². The first kappa shape index (κ1) is 19.9. The minimum Gasteiger partial charge on any atom is -0.426 e. The predicted molar refractivity (Wildman–Crippen MR) is 99.9 cm³/mol. The Balaban J connectivity index is 0.00000139. The summed E-state index contributed by atoms with van der Waals surface area (Å²) >= 11 is 0. The first-order valence-corrected chi connectivity index (χ1v) is 8.45. The molecule has 0 spiro atoms. The van der Waals surface area contributed by atoms with Crippen LogP contribution in [0.25, 0.3) is 16.8 Å². The lowest BCUT2D eigenvalue weighted by molar-refractivity contribution is -0.137. The van der Waals surface area contributed by atoms with Gasteiger partial charge in [-0.1, -0.05) is 60.3 Å². The fourth-order valence-electron chi connectivity index (χ4n) is 2.42. The van der Waals surface area contributed by atoms with Gasteiger partial charge in [-0.2, -0.15) is 0 Å². The van der Waals surface area contributed by atoms with E-state index in [0.29, 0.717) is 11.3 Å². The van der Waals surface area contributed by atoms with Crippen LogP contribution in [0.4, 0.5) is 4.39 Å². The van der Waals surface area contributed by atoms with Gasteiger partial charge in [0.15, 0.2) is 0 Å². The molecule has 0 amide bonds. The lowest BCUT2D eigenvalue weighted by Gasteiger charge is -2.16. The summed E-state index contributed by atoms with van der Waals surface area (Å²) in [5, 5.41) is 1.67. The molecule has 0 atom stereocenters. The van der Waals surface area contributed by atoms with Crippen molar-refractivity contribution < 1.29 is 13.9 Å². The highest BCUT2D eigenvalue weighted by Crippen LogP contribution is 2.34. The molecule has 3 heteroatoms. The molecule has 0 fully saturated rings. The number of carbonyl (C=O) groups excluding carboxylic acids is 1. The summed E-state index contributed by atoms with van der Waals surface area (Å²) in [6.07, 6.45) is 1.53. The molecule has 24 heavy (non-hydrogen) atoms. The van der Waals surface area contributed by atoms with Gasteiger partial charge in [0.05, 0.1) is 5.92 Å². The van der Waals surface area contributed by atoms with Gasteiger partial charge in [0.2, 0.25) is 0 Å². The molecule has 0 saturated heterocycles. The van der Waals surface area contributed by atoms with E-state index in [1.54, 1.807) is 26.0 Å². The van der Waals surface area contributed by atoms with Crippen LogP contribution in [0.3, 0.4) is 0 Å². The lowest BCUT2D eigenvalue weighted by atomic mass is 9.92. The number of halogens is 1. The van der Waals surface area contributed by atoms with Crippen molar-refractivity contribution in [2.24, 2.45) is 5.92 Å². The molecular formula is C21H27FO2. The number of ether oxygens (including phenoxy) is 1. The monoisotopic (exact) mass is 330 g/mol. The fourth-order valence-corrected chi connectivity index (χ4v) is 2.42. The van der Waals surface area contributed by atoms with Crippen molar-refractivity contribution in [2.45, 2.75) is 47.5 Å². The molecule has 0 radical (unpaired) electrons. The summed E-state index contributed by atoms with van der Waals surface area (Å²) in [5.41, 5.74) is 1.43. The molecule has 0 aromatic heterocycles. The normalized spacial score (nSPS) is 10.5. The molecule has 2 nitrogen and oxygen atoms in total. The molecule has 2 aromatic rings. The van der Waals surface area contributed by atoms with Crippen molar-refractivity contribution in [3.8, 4) is 5.75 Å². The molecular weight excluding hydrogens is 303 g/mol. The second-order valence-corrected chi connectivity index (χ2v) is 6.01. The molecule has 0 heterocycles. The van der Waals surface area contributed by atoms with Gasteiger partial charge < -0.3 is 4.74 Å². The van der Waals surface area contributed by atoms with E-state index in [1.807, 2.05) is 33.8 Å². The quantitative estimate of drug-likeness (QED) is 0.483. The number of carbonyl (C=O) groups is 1. The highest BCUT2D eigenvalue weighted by atomic mass is 19.1. The summed E-state index contributed by atoms with van der Waals surface area (Å²) in [4.78, 5) is 11.8. The van der Waals surface area contributed by atoms with Crippen LogP contribution >= 0.6 is 0 Å². The number of benzene rings is 2. The summed E-state index contributed by atoms with van der Waals surface area (Å²) in [5.74, 6) is -0.108. The average Bonchev–Trinajstić information content (AvgIpc) is 2.56. The predicted octanol–water partition coefficient (Wildman–Crippen LogP) is 6.33. The third-order valence-corrected chi connectivity index (χ3v) is 3.62. The van der Waals surface area contributed by atoms with Gasteiger partial charge in [0.1, 0.15) is 11.6 Å². The Labute approximate surface area is 144 Å². The van der Waals surface area contributed by atoms with E-state index in [4.69, 9.17) is 4.74 Å². The second-order valence-electron chi connectivity index (χ2n) is 6.01. The van der Waals surface area contributed by atoms with E-state index >= 15 is 0 Å². The molecule has 0 aliphatic heterocycles. The summed E-state index contributed by atoms with van der Waals surface area (Å²) in [7, 11) is 0. The molecule has 2 rings (SSSR count). The summed E-state index contributed by atoms with van der Waals surface area (Å²) < 4.78 is 19.4. The number of fused-ring (bicyclic) bond motifs is 1. The van der Waals surface area contributed by atoms with Crippen LogP contribution in [0.2, 0.25) is 0 Å². The van der Waals surface area contributed by atoms with Crippen LogP contribution in [-0.2, 0) is 4.79 Å². The van der Waals surface area contributed by atoms with Crippen molar-refractivity contribution in [1.82, 2.24) is 0 Å². The minimum atomic E-state index is -0.295. The number of hydrogen-bond acceptors (Lipinski definition) is 2. The molecule has 0 saturated carbocycles. The topological polar surface area (TPSA) is 26.3 Å². The minimum absolute atomic E-state index is 0.167. The smallest absolute Gasteiger partial charge is 0.313 e. The van der Waals surface area contributed by atoms with Crippen LogP contribution in [0, 0.1) is 11.7 Å².